The minimum absolute atomic E-state index is 0.117. The molecule has 0 aliphatic heterocycles. The smallest absolute Gasteiger partial charge is 0.216 e. The number of aromatic nitrogens is 3. The minimum atomic E-state index is -0.117. The van der Waals surface area contributed by atoms with E-state index in [-0.39, 0.29) is 5.41 Å². The second-order valence-corrected chi connectivity index (χ2v) is 6.70. The predicted molar refractivity (Wildman–Crippen MR) is 87.3 cm³/mol. The molecule has 1 N–H and O–H groups in total. The van der Waals surface area contributed by atoms with Gasteiger partial charge in [-0.05, 0) is 36.2 Å². The number of hydrogen-bond acceptors (Lipinski definition) is 4. The first-order valence-electron chi connectivity index (χ1n) is 6.28. The van der Waals surface area contributed by atoms with Crippen molar-refractivity contribution in [1.82, 2.24) is 14.9 Å². The fourth-order valence-electron chi connectivity index (χ4n) is 1.70. The average Bonchev–Trinajstić information content (AvgIpc) is 2.78. The van der Waals surface area contributed by atoms with Crippen molar-refractivity contribution in [3.8, 4) is 0 Å². The van der Waals surface area contributed by atoms with E-state index in [1.807, 2.05) is 12.1 Å². The Bertz CT molecular complexity index is 660. The highest BCUT2D eigenvalue weighted by Gasteiger charge is 2.21. The molecular formula is C14H18N4S2. The van der Waals surface area contributed by atoms with Gasteiger partial charge in [0.05, 0.1) is 6.21 Å². The normalized spacial score (nSPS) is 12.2. The number of nitrogens with zero attached hydrogens (tertiary/aromatic N) is 3. The molecule has 2 rings (SSSR count). The van der Waals surface area contributed by atoms with E-state index in [1.54, 1.807) is 22.7 Å². The second-order valence-electron chi connectivity index (χ2n) is 5.43. The molecular weight excluding hydrogens is 288 g/mol. The van der Waals surface area contributed by atoms with Crippen molar-refractivity contribution in [3.05, 3.63) is 40.4 Å². The third kappa shape index (κ3) is 3.37. The van der Waals surface area contributed by atoms with Gasteiger partial charge in [-0.15, -0.1) is 11.8 Å². The van der Waals surface area contributed by atoms with Crippen molar-refractivity contribution in [2.45, 2.75) is 31.1 Å². The number of hydrogen-bond donors (Lipinski definition) is 1. The fourth-order valence-corrected chi connectivity index (χ4v) is 2.29. The molecule has 0 fully saturated rings. The van der Waals surface area contributed by atoms with Crippen molar-refractivity contribution in [3.63, 3.8) is 0 Å². The molecule has 0 atom stereocenters. The second kappa shape index (κ2) is 5.93. The van der Waals surface area contributed by atoms with E-state index in [1.165, 1.54) is 4.90 Å². The lowest BCUT2D eigenvalue weighted by atomic mass is 9.96. The topological polar surface area (TPSA) is 46.0 Å². The van der Waals surface area contributed by atoms with Crippen LogP contribution in [0, 0.1) is 4.77 Å². The molecule has 0 aliphatic rings. The van der Waals surface area contributed by atoms with Gasteiger partial charge < -0.3 is 0 Å². The first-order chi connectivity index (χ1) is 9.41. The Hall–Kier alpha value is -1.40. The number of nitrogens with one attached hydrogen (secondary N) is 1. The predicted octanol–water partition coefficient (Wildman–Crippen LogP) is 3.84. The van der Waals surface area contributed by atoms with Gasteiger partial charge in [-0.25, -0.2) is 0 Å². The van der Waals surface area contributed by atoms with Gasteiger partial charge in [-0.3, -0.25) is 5.10 Å². The molecule has 1 aromatic heterocycles. The zero-order chi connectivity index (χ0) is 14.8. The summed E-state index contributed by atoms with van der Waals surface area (Å²) < 4.78 is 2.18. The van der Waals surface area contributed by atoms with Gasteiger partial charge in [0.2, 0.25) is 4.77 Å². The van der Waals surface area contributed by atoms with Crippen molar-refractivity contribution < 1.29 is 0 Å². The van der Waals surface area contributed by atoms with E-state index >= 15 is 0 Å². The van der Waals surface area contributed by atoms with Gasteiger partial charge in [0.25, 0.3) is 0 Å². The Kier molecular flexibility index (Phi) is 4.45. The van der Waals surface area contributed by atoms with Crippen LogP contribution in [0.15, 0.2) is 34.3 Å². The standard InChI is InChI=1S/C14H18N4S2/c1-14(2,3)12-16-17-13(19)18(12)15-9-10-5-7-11(20-4)8-6-10/h5-9H,1-4H3,(H,17,19)/b15-9-. The molecule has 106 valence electrons. The van der Waals surface area contributed by atoms with Gasteiger partial charge >= 0.3 is 0 Å². The Labute approximate surface area is 128 Å². The summed E-state index contributed by atoms with van der Waals surface area (Å²) in [5.74, 6) is 0.819. The molecule has 0 aliphatic carbocycles. The fraction of sp³-hybridized carbons (Fsp3) is 0.357. The molecule has 1 heterocycles. The third-order valence-electron chi connectivity index (χ3n) is 2.76. The first kappa shape index (κ1) is 15.0. The summed E-state index contributed by atoms with van der Waals surface area (Å²) in [6.45, 7) is 6.24. The maximum absolute atomic E-state index is 5.22. The molecule has 6 heteroatoms. The molecule has 0 saturated heterocycles. The summed E-state index contributed by atoms with van der Waals surface area (Å²) in [7, 11) is 0. The summed E-state index contributed by atoms with van der Waals surface area (Å²) in [5.41, 5.74) is 0.916. The van der Waals surface area contributed by atoms with Crippen LogP contribution in [0.5, 0.6) is 0 Å². The lowest BCUT2D eigenvalue weighted by molar-refractivity contribution is 0.516. The van der Waals surface area contributed by atoms with E-state index in [0.29, 0.717) is 4.77 Å². The highest BCUT2D eigenvalue weighted by Crippen LogP contribution is 2.20. The van der Waals surface area contributed by atoms with E-state index in [4.69, 9.17) is 12.2 Å². The number of thioether (sulfide) groups is 1. The van der Waals surface area contributed by atoms with Crippen molar-refractivity contribution in [2.75, 3.05) is 6.26 Å². The Morgan fingerprint density at radius 3 is 2.50 bits per heavy atom. The van der Waals surface area contributed by atoms with Crippen molar-refractivity contribution in [2.24, 2.45) is 5.10 Å². The highest BCUT2D eigenvalue weighted by molar-refractivity contribution is 7.98. The van der Waals surface area contributed by atoms with Crippen LogP contribution in [0.3, 0.4) is 0 Å². The van der Waals surface area contributed by atoms with Crippen LogP contribution in [0.4, 0.5) is 0 Å². The average molecular weight is 306 g/mol. The minimum Gasteiger partial charge on any atom is -0.250 e. The maximum Gasteiger partial charge on any atom is 0.216 e. The zero-order valence-electron chi connectivity index (χ0n) is 12.0. The zero-order valence-corrected chi connectivity index (χ0v) is 13.7. The molecule has 20 heavy (non-hydrogen) atoms. The van der Waals surface area contributed by atoms with E-state index in [2.05, 4.69) is 54.5 Å². The monoisotopic (exact) mass is 306 g/mol. The molecule has 0 saturated carbocycles. The summed E-state index contributed by atoms with van der Waals surface area (Å²) in [6.07, 6.45) is 3.86. The Morgan fingerprint density at radius 2 is 1.95 bits per heavy atom. The third-order valence-corrected chi connectivity index (χ3v) is 3.77. The maximum atomic E-state index is 5.22. The van der Waals surface area contributed by atoms with Gasteiger partial charge in [0, 0.05) is 10.3 Å². The van der Waals surface area contributed by atoms with Crippen LogP contribution in [0.2, 0.25) is 0 Å². The molecule has 0 unspecified atom stereocenters. The van der Waals surface area contributed by atoms with Crippen LogP contribution in [0.1, 0.15) is 32.2 Å². The van der Waals surface area contributed by atoms with Crippen LogP contribution in [-0.2, 0) is 5.41 Å². The Balaban J connectivity index is 2.31. The molecule has 2 aromatic rings. The summed E-state index contributed by atoms with van der Waals surface area (Å²) in [5, 5.41) is 11.5. The van der Waals surface area contributed by atoms with E-state index in [0.717, 1.165) is 11.4 Å². The molecule has 0 spiro atoms. The number of H-pyrrole nitrogens is 1. The van der Waals surface area contributed by atoms with Crippen LogP contribution in [-0.4, -0.2) is 27.3 Å². The van der Waals surface area contributed by atoms with Gasteiger partial charge in [-0.1, -0.05) is 32.9 Å². The van der Waals surface area contributed by atoms with Crippen molar-refractivity contribution >= 4 is 30.2 Å². The molecule has 1 aromatic carbocycles. The van der Waals surface area contributed by atoms with Crippen LogP contribution >= 0.6 is 24.0 Å². The van der Waals surface area contributed by atoms with Crippen molar-refractivity contribution in [1.29, 1.82) is 0 Å². The first-order valence-corrected chi connectivity index (χ1v) is 7.91. The molecule has 0 amide bonds. The Morgan fingerprint density at radius 1 is 1.30 bits per heavy atom. The molecule has 4 nitrogen and oxygen atoms in total. The largest absolute Gasteiger partial charge is 0.250 e. The number of benzene rings is 1. The lowest BCUT2D eigenvalue weighted by Gasteiger charge is -2.15. The summed E-state index contributed by atoms with van der Waals surface area (Å²) >= 11 is 6.94. The molecule has 0 bridgehead atoms. The van der Waals surface area contributed by atoms with Crippen LogP contribution < -0.4 is 0 Å². The number of aromatic amines is 1. The van der Waals surface area contributed by atoms with E-state index in [9.17, 15) is 0 Å². The lowest BCUT2D eigenvalue weighted by Crippen LogP contribution is -2.17. The van der Waals surface area contributed by atoms with Gasteiger partial charge in [0.1, 0.15) is 0 Å². The SMILES string of the molecule is CSc1ccc(/C=N\n2c(C(C)(C)C)n[nH]c2=S)cc1. The van der Waals surface area contributed by atoms with E-state index < -0.39 is 0 Å². The van der Waals surface area contributed by atoms with Gasteiger partial charge in [0.15, 0.2) is 5.82 Å². The quantitative estimate of drug-likeness (QED) is 0.532. The molecule has 0 radical (unpaired) electrons. The highest BCUT2D eigenvalue weighted by atomic mass is 32.2. The summed E-state index contributed by atoms with van der Waals surface area (Å²) in [4.78, 5) is 1.23. The van der Waals surface area contributed by atoms with Gasteiger partial charge in [-0.2, -0.15) is 14.9 Å². The number of rotatable bonds is 3. The van der Waals surface area contributed by atoms with Crippen LogP contribution in [0.25, 0.3) is 0 Å². The summed E-state index contributed by atoms with van der Waals surface area (Å²) in [6, 6.07) is 8.22.